The highest BCUT2D eigenvalue weighted by Crippen LogP contribution is 2.18. The van der Waals surface area contributed by atoms with Gasteiger partial charge in [0.1, 0.15) is 23.8 Å². The molecule has 2 rings (SSSR count). The number of benzene rings is 1. The molecule has 1 aromatic heterocycles. The van der Waals surface area contributed by atoms with Crippen LogP contribution in [0.3, 0.4) is 0 Å². The Kier molecular flexibility index (Phi) is 4.57. The summed E-state index contributed by atoms with van der Waals surface area (Å²) in [6, 6.07) is 3.26. The van der Waals surface area contributed by atoms with Crippen LogP contribution in [-0.4, -0.2) is 21.7 Å². The quantitative estimate of drug-likeness (QED) is 0.844. The van der Waals surface area contributed by atoms with E-state index in [9.17, 15) is 8.78 Å². The lowest BCUT2D eigenvalue weighted by Gasteiger charge is -2.16. The van der Waals surface area contributed by atoms with E-state index in [1.54, 1.807) is 0 Å². The summed E-state index contributed by atoms with van der Waals surface area (Å²) in [6.07, 6.45) is 2.66. The van der Waals surface area contributed by atoms with Gasteiger partial charge in [-0.3, -0.25) is 5.10 Å². The van der Waals surface area contributed by atoms with Crippen LogP contribution in [-0.2, 0) is 6.42 Å². The summed E-state index contributed by atoms with van der Waals surface area (Å²) in [6.45, 7) is 2.80. The van der Waals surface area contributed by atoms with E-state index in [1.165, 1.54) is 12.4 Å². The van der Waals surface area contributed by atoms with Gasteiger partial charge in [0.15, 0.2) is 0 Å². The van der Waals surface area contributed by atoms with Gasteiger partial charge < -0.3 is 5.32 Å². The second-order valence-corrected chi connectivity index (χ2v) is 4.32. The molecule has 0 fully saturated rings. The Morgan fingerprint density at radius 1 is 1.37 bits per heavy atom. The van der Waals surface area contributed by atoms with Gasteiger partial charge in [-0.15, -0.1) is 0 Å². The Bertz CT molecular complexity index is 513. The molecule has 0 saturated heterocycles. The summed E-state index contributed by atoms with van der Waals surface area (Å²) >= 11 is 0. The van der Waals surface area contributed by atoms with E-state index in [0.29, 0.717) is 17.8 Å². The molecule has 0 amide bonds. The predicted molar refractivity (Wildman–Crippen MR) is 67.5 cm³/mol. The first-order valence-electron chi connectivity index (χ1n) is 6.23. The maximum Gasteiger partial charge on any atom is 0.141 e. The average molecular weight is 266 g/mol. The van der Waals surface area contributed by atoms with E-state index in [4.69, 9.17) is 0 Å². The number of rotatable bonds is 6. The monoisotopic (exact) mass is 266 g/mol. The Hall–Kier alpha value is -1.82. The van der Waals surface area contributed by atoms with Crippen molar-refractivity contribution in [3.05, 3.63) is 47.5 Å². The van der Waals surface area contributed by atoms with Gasteiger partial charge in [0.2, 0.25) is 0 Å². The second-order valence-electron chi connectivity index (χ2n) is 4.32. The maximum absolute atomic E-state index is 13.7. The number of hydrogen-bond donors (Lipinski definition) is 2. The van der Waals surface area contributed by atoms with Crippen molar-refractivity contribution in [2.24, 2.45) is 0 Å². The molecule has 102 valence electrons. The van der Waals surface area contributed by atoms with Crippen LogP contribution in [0.25, 0.3) is 0 Å². The summed E-state index contributed by atoms with van der Waals surface area (Å²) in [5, 5.41) is 9.79. The fourth-order valence-electron chi connectivity index (χ4n) is 1.89. The molecule has 2 N–H and O–H groups in total. The van der Waals surface area contributed by atoms with Crippen LogP contribution in [0.2, 0.25) is 0 Å². The molecular formula is C13H16F2N4. The zero-order valence-corrected chi connectivity index (χ0v) is 10.7. The Morgan fingerprint density at radius 2 is 2.21 bits per heavy atom. The fraction of sp³-hybridized carbons (Fsp3) is 0.385. The Balaban J connectivity index is 2.17. The zero-order chi connectivity index (χ0) is 13.7. The number of hydrogen-bond acceptors (Lipinski definition) is 3. The molecule has 4 nitrogen and oxygen atoms in total. The van der Waals surface area contributed by atoms with E-state index in [-0.39, 0.29) is 6.04 Å². The maximum atomic E-state index is 13.7. The van der Waals surface area contributed by atoms with Crippen LogP contribution in [0.15, 0.2) is 24.5 Å². The Morgan fingerprint density at radius 3 is 2.89 bits per heavy atom. The van der Waals surface area contributed by atoms with Crippen LogP contribution in [0.5, 0.6) is 0 Å². The van der Waals surface area contributed by atoms with Crippen molar-refractivity contribution in [1.82, 2.24) is 20.5 Å². The molecule has 6 heteroatoms. The molecule has 0 bridgehead atoms. The molecule has 1 aromatic carbocycles. The molecule has 1 heterocycles. The summed E-state index contributed by atoms with van der Waals surface area (Å²) in [4.78, 5) is 4.07. The highest BCUT2D eigenvalue weighted by molar-refractivity contribution is 5.20. The van der Waals surface area contributed by atoms with Gasteiger partial charge in [-0.2, -0.15) is 5.10 Å². The SMILES string of the molecule is CCCNC(Cc1cc(F)ccc1F)c1ncn[nH]1. The number of H-pyrrole nitrogens is 1. The average Bonchev–Trinajstić information content (AvgIpc) is 2.92. The molecule has 1 atom stereocenters. The van der Waals surface area contributed by atoms with Gasteiger partial charge in [-0.1, -0.05) is 6.92 Å². The first kappa shape index (κ1) is 13.6. The molecule has 2 aromatic rings. The number of halogens is 2. The first-order valence-corrected chi connectivity index (χ1v) is 6.23. The second kappa shape index (κ2) is 6.38. The van der Waals surface area contributed by atoms with E-state index < -0.39 is 11.6 Å². The summed E-state index contributed by atoms with van der Waals surface area (Å²) in [5.74, 6) is -0.232. The fourth-order valence-corrected chi connectivity index (χ4v) is 1.89. The smallest absolute Gasteiger partial charge is 0.141 e. The third-order valence-electron chi connectivity index (χ3n) is 2.84. The third kappa shape index (κ3) is 3.57. The van der Waals surface area contributed by atoms with E-state index >= 15 is 0 Å². The minimum absolute atomic E-state index is 0.209. The van der Waals surface area contributed by atoms with Gasteiger partial charge in [-0.05, 0) is 43.1 Å². The normalized spacial score (nSPS) is 12.6. The van der Waals surface area contributed by atoms with Crippen molar-refractivity contribution in [2.75, 3.05) is 6.54 Å². The number of nitrogens with zero attached hydrogens (tertiary/aromatic N) is 2. The molecular weight excluding hydrogens is 250 g/mol. The summed E-state index contributed by atoms with van der Waals surface area (Å²) in [5.41, 5.74) is 0.324. The van der Waals surface area contributed by atoms with Crippen LogP contribution in [0, 0.1) is 11.6 Å². The molecule has 0 aliphatic carbocycles. The van der Waals surface area contributed by atoms with Gasteiger partial charge in [0.05, 0.1) is 6.04 Å². The molecule has 1 unspecified atom stereocenters. The highest BCUT2D eigenvalue weighted by Gasteiger charge is 2.16. The van der Waals surface area contributed by atoms with Crippen molar-refractivity contribution in [3.8, 4) is 0 Å². The lowest BCUT2D eigenvalue weighted by atomic mass is 10.0. The van der Waals surface area contributed by atoms with Crippen molar-refractivity contribution < 1.29 is 8.78 Å². The number of nitrogens with one attached hydrogen (secondary N) is 2. The first-order chi connectivity index (χ1) is 9.20. The highest BCUT2D eigenvalue weighted by atomic mass is 19.1. The minimum Gasteiger partial charge on any atom is -0.307 e. The summed E-state index contributed by atoms with van der Waals surface area (Å²) in [7, 11) is 0. The lowest BCUT2D eigenvalue weighted by Crippen LogP contribution is -2.25. The van der Waals surface area contributed by atoms with Crippen LogP contribution in [0.4, 0.5) is 8.78 Å². The van der Waals surface area contributed by atoms with E-state index in [1.807, 2.05) is 6.92 Å². The topological polar surface area (TPSA) is 53.6 Å². The minimum atomic E-state index is -0.441. The van der Waals surface area contributed by atoms with Gasteiger partial charge in [0.25, 0.3) is 0 Å². The third-order valence-corrected chi connectivity index (χ3v) is 2.84. The summed E-state index contributed by atoms with van der Waals surface area (Å²) < 4.78 is 26.8. The van der Waals surface area contributed by atoms with Crippen LogP contribution < -0.4 is 5.32 Å². The van der Waals surface area contributed by atoms with E-state index in [2.05, 4.69) is 20.5 Å². The van der Waals surface area contributed by atoms with Crippen molar-refractivity contribution in [2.45, 2.75) is 25.8 Å². The molecule has 19 heavy (non-hydrogen) atoms. The standard InChI is InChI=1S/C13H16F2N4/c1-2-5-16-12(13-17-8-18-19-13)7-9-6-10(14)3-4-11(9)15/h3-4,6,8,12,16H,2,5,7H2,1H3,(H,17,18,19). The number of aromatic amines is 1. The lowest BCUT2D eigenvalue weighted by molar-refractivity contribution is 0.490. The molecule has 0 aliphatic rings. The molecule has 0 spiro atoms. The molecule has 0 saturated carbocycles. The van der Waals surface area contributed by atoms with Gasteiger partial charge >= 0.3 is 0 Å². The van der Waals surface area contributed by atoms with Gasteiger partial charge in [0, 0.05) is 0 Å². The predicted octanol–water partition coefficient (Wildman–Crippen LogP) is 2.37. The van der Waals surface area contributed by atoms with Crippen LogP contribution in [0.1, 0.15) is 30.8 Å². The van der Waals surface area contributed by atoms with Crippen molar-refractivity contribution in [3.63, 3.8) is 0 Å². The van der Waals surface area contributed by atoms with Crippen molar-refractivity contribution in [1.29, 1.82) is 0 Å². The molecule has 0 radical (unpaired) electrons. The Labute approximate surface area is 110 Å². The number of aromatic nitrogens is 3. The van der Waals surface area contributed by atoms with Crippen molar-refractivity contribution >= 4 is 0 Å². The largest absolute Gasteiger partial charge is 0.307 e. The van der Waals surface area contributed by atoms with Crippen LogP contribution >= 0.6 is 0 Å². The van der Waals surface area contributed by atoms with E-state index in [0.717, 1.165) is 25.1 Å². The van der Waals surface area contributed by atoms with Gasteiger partial charge in [-0.25, -0.2) is 13.8 Å². The molecule has 0 aliphatic heterocycles. The zero-order valence-electron chi connectivity index (χ0n) is 10.7.